The molecule has 9 nitrogen and oxygen atoms in total. The maximum atomic E-state index is 12.5. The number of aromatic amines is 1. The lowest BCUT2D eigenvalue weighted by atomic mass is 9.96. The summed E-state index contributed by atoms with van der Waals surface area (Å²) in [6, 6.07) is 3.38. The van der Waals surface area contributed by atoms with Crippen molar-refractivity contribution in [2.45, 2.75) is 13.8 Å². The van der Waals surface area contributed by atoms with Gasteiger partial charge in [0.25, 0.3) is 0 Å². The Morgan fingerprint density at radius 1 is 1.07 bits per heavy atom. The van der Waals surface area contributed by atoms with Crippen molar-refractivity contribution in [3.8, 4) is 28.4 Å². The quantitative estimate of drug-likeness (QED) is 0.296. The molecule has 0 radical (unpaired) electrons. The van der Waals surface area contributed by atoms with Crippen LogP contribution in [0.5, 0.6) is 17.2 Å². The number of hydrogen-bond acceptors (Lipinski definition) is 8. The molecule has 0 bridgehead atoms. The number of hydrogen-bond donors (Lipinski definition) is 1. The highest BCUT2D eigenvalue weighted by molar-refractivity contribution is 6.13. The molecule has 2 rings (SSSR count). The number of H-pyrrole nitrogens is 1. The molecule has 0 aliphatic rings. The van der Waals surface area contributed by atoms with Crippen molar-refractivity contribution in [2.24, 2.45) is 5.16 Å². The molecule has 0 aliphatic carbocycles. The summed E-state index contributed by atoms with van der Waals surface area (Å²) in [6.07, 6.45) is 1.36. The van der Waals surface area contributed by atoms with Gasteiger partial charge in [0.2, 0.25) is 5.75 Å². The number of Topliss-reactive ketones (excluding diaryl/α,β-unsaturated/α-hetero) is 1. The van der Waals surface area contributed by atoms with Gasteiger partial charge >= 0.3 is 5.97 Å². The molecule has 0 spiro atoms. The standard InChI is InChI=1S/C20H24N2O7/c1-7-29-20(24)17-15(11(2)23)16(13(22-17)10-21-28-6)12-8-9-14(25-3)19(27-5)18(12)26-4/h8-10,22H,7H2,1-6H3/b21-10+. The molecule has 0 saturated carbocycles. The van der Waals surface area contributed by atoms with Crippen LogP contribution in [0.4, 0.5) is 0 Å². The third-order valence-electron chi connectivity index (χ3n) is 4.12. The topological polar surface area (TPSA) is 108 Å². The molecule has 1 heterocycles. The number of nitrogens with zero attached hydrogens (tertiary/aromatic N) is 1. The normalized spacial score (nSPS) is 10.7. The number of ether oxygens (including phenoxy) is 4. The van der Waals surface area contributed by atoms with Crippen molar-refractivity contribution in [1.82, 2.24) is 4.98 Å². The van der Waals surface area contributed by atoms with Crippen LogP contribution in [0.3, 0.4) is 0 Å². The molecule has 0 fully saturated rings. The molecule has 1 N–H and O–H groups in total. The molecule has 29 heavy (non-hydrogen) atoms. The largest absolute Gasteiger partial charge is 0.493 e. The summed E-state index contributed by atoms with van der Waals surface area (Å²) < 4.78 is 21.4. The van der Waals surface area contributed by atoms with Crippen molar-refractivity contribution in [2.75, 3.05) is 35.0 Å². The summed E-state index contributed by atoms with van der Waals surface area (Å²) >= 11 is 0. The van der Waals surface area contributed by atoms with E-state index in [0.29, 0.717) is 34.1 Å². The highest BCUT2D eigenvalue weighted by Gasteiger charge is 2.29. The minimum Gasteiger partial charge on any atom is -0.493 e. The van der Waals surface area contributed by atoms with Crippen LogP contribution in [-0.4, -0.2) is 58.0 Å². The molecule has 156 valence electrons. The number of methoxy groups -OCH3 is 3. The maximum Gasteiger partial charge on any atom is 0.355 e. The molecule has 2 aromatic rings. The van der Waals surface area contributed by atoms with Gasteiger partial charge in [0, 0.05) is 11.1 Å². The van der Waals surface area contributed by atoms with E-state index in [4.69, 9.17) is 23.8 Å². The van der Waals surface area contributed by atoms with Crippen molar-refractivity contribution in [3.63, 3.8) is 0 Å². The highest BCUT2D eigenvalue weighted by Crippen LogP contribution is 2.46. The zero-order valence-corrected chi connectivity index (χ0v) is 17.2. The first-order chi connectivity index (χ1) is 13.9. The molecule has 0 saturated heterocycles. The van der Waals surface area contributed by atoms with E-state index in [0.717, 1.165) is 0 Å². The lowest BCUT2D eigenvalue weighted by Gasteiger charge is -2.16. The third-order valence-corrected chi connectivity index (χ3v) is 4.12. The number of carbonyl (C=O) groups excluding carboxylic acids is 2. The second kappa shape index (κ2) is 9.63. The summed E-state index contributed by atoms with van der Waals surface area (Å²) in [6.45, 7) is 3.20. The van der Waals surface area contributed by atoms with E-state index in [2.05, 4.69) is 10.1 Å². The van der Waals surface area contributed by atoms with E-state index >= 15 is 0 Å². The first kappa shape index (κ1) is 21.8. The Kier molecular flexibility index (Phi) is 7.24. The lowest BCUT2D eigenvalue weighted by Crippen LogP contribution is -2.10. The van der Waals surface area contributed by atoms with Crippen LogP contribution in [0.25, 0.3) is 11.1 Å². The number of benzene rings is 1. The Balaban J connectivity index is 2.91. The first-order valence-corrected chi connectivity index (χ1v) is 8.74. The number of ketones is 1. The van der Waals surface area contributed by atoms with E-state index in [1.165, 1.54) is 41.6 Å². The smallest absolute Gasteiger partial charge is 0.355 e. The Morgan fingerprint density at radius 3 is 2.28 bits per heavy atom. The number of oxime groups is 1. The number of rotatable bonds is 9. The fraction of sp³-hybridized carbons (Fsp3) is 0.350. The molecule has 0 amide bonds. The maximum absolute atomic E-state index is 12.5. The van der Waals surface area contributed by atoms with E-state index < -0.39 is 5.97 Å². The van der Waals surface area contributed by atoms with Gasteiger partial charge < -0.3 is 28.8 Å². The average molecular weight is 404 g/mol. The summed E-state index contributed by atoms with van der Waals surface area (Å²) in [7, 11) is 5.83. The molecule has 0 aliphatic heterocycles. The van der Waals surface area contributed by atoms with Crippen LogP contribution in [0, 0.1) is 0 Å². The number of esters is 1. The minimum absolute atomic E-state index is 0.0174. The second-order valence-corrected chi connectivity index (χ2v) is 5.74. The van der Waals surface area contributed by atoms with Gasteiger partial charge in [0.15, 0.2) is 17.3 Å². The Labute approximate surface area is 168 Å². The molecular formula is C20H24N2O7. The van der Waals surface area contributed by atoms with Gasteiger partial charge in [-0.1, -0.05) is 5.16 Å². The lowest BCUT2D eigenvalue weighted by molar-refractivity contribution is 0.0517. The third kappa shape index (κ3) is 4.18. The molecule has 1 aromatic carbocycles. The fourth-order valence-corrected chi connectivity index (χ4v) is 3.01. The average Bonchev–Trinajstić information content (AvgIpc) is 3.10. The van der Waals surface area contributed by atoms with Gasteiger partial charge in [-0.2, -0.15) is 0 Å². The molecule has 0 unspecified atom stereocenters. The number of nitrogens with one attached hydrogen (secondary N) is 1. The Hall–Kier alpha value is -3.49. The summed E-state index contributed by atoms with van der Waals surface area (Å²) in [5.41, 5.74) is 1.43. The van der Waals surface area contributed by atoms with Gasteiger partial charge in [-0.05, 0) is 26.0 Å². The zero-order chi connectivity index (χ0) is 21.6. The van der Waals surface area contributed by atoms with Gasteiger partial charge in [-0.15, -0.1) is 0 Å². The SMILES string of the molecule is CCOC(=O)c1[nH]c(/C=N/OC)c(-c2ccc(OC)c(OC)c2OC)c1C(C)=O. The Morgan fingerprint density at radius 2 is 1.76 bits per heavy atom. The van der Waals surface area contributed by atoms with Crippen molar-refractivity contribution in [1.29, 1.82) is 0 Å². The van der Waals surface area contributed by atoms with Gasteiger partial charge in [0.1, 0.15) is 12.8 Å². The van der Waals surface area contributed by atoms with Crippen molar-refractivity contribution in [3.05, 3.63) is 29.1 Å². The van der Waals surface area contributed by atoms with E-state index in [1.54, 1.807) is 19.1 Å². The summed E-state index contributed by atoms with van der Waals surface area (Å²) in [5.74, 6) is 0.126. The molecule has 0 atom stereocenters. The highest BCUT2D eigenvalue weighted by atomic mass is 16.6. The van der Waals surface area contributed by atoms with Crippen molar-refractivity contribution >= 4 is 18.0 Å². The number of aromatic nitrogens is 1. The Bertz CT molecular complexity index is 931. The first-order valence-electron chi connectivity index (χ1n) is 8.74. The predicted octanol–water partition coefficient (Wildman–Crippen LogP) is 3.07. The van der Waals surface area contributed by atoms with Crippen LogP contribution in [0.15, 0.2) is 17.3 Å². The van der Waals surface area contributed by atoms with E-state index in [-0.39, 0.29) is 23.6 Å². The monoisotopic (exact) mass is 404 g/mol. The van der Waals surface area contributed by atoms with E-state index in [9.17, 15) is 9.59 Å². The van der Waals surface area contributed by atoms with Crippen LogP contribution in [0.2, 0.25) is 0 Å². The molecule has 1 aromatic heterocycles. The van der Waals surface area contributed by atoms with Gasteiger partial charge in [-0.3, -0.25) is 4.79 Å². The zero-order valence-electron chi connectivity index (χ0n) is 17.2. The molecular weight excluding hydrogens is 380 g/mol. The van der Waals surface area contributed by atoms with Crippen LogP contribution < -0.4 is 14.2 Å². The predicted molar refractivity (Wildman–Crippen MR) is 106 cm³/mol. The summed E-state index contributed by atoms with van der Waals surface area (Å²) in [5, 5.41) is 3.76. The summed E-state index contributed by atoms with van der Waals surface area (Å²) in [4.78, 5) is 32.7. The van der Waals surface area contributed by atoms with Crippen LogP contribution >= 0.6 is 0 Å². The molecule has 9 heteroatoms. The van der Waals surface area contributed by atoms with Crippen LogP contribution in [0.1, 0.15) is 40.4 Å². The fourth-order valence-electron chi connectivity index (χ4n) is 3.01. The van der Waals surface area contributed by atoms with Crippen LogP contribution in [-0.2, 0) is 9.57 Å². The van der Waals surface area contributed by atoms with Gasteiger partial charge in [-0.25, -0.2) is 4.79 Å². The van der Waals surface area contributed by atoms with E-state index in [1.807, 2.05) is 0 Å². The van der Waals surface area contributed by atoms with Gasteiger partial charge in [0.05, 0.1) is 45.4 Å². The van der Waals surface area contributed by atoms with Crippen molar-refractivity contribution < 1.29 is 33.4 Å². The minimum atomic E-state index is -0.657. The number of carbonyl (C=O) groups is 2. The second-order valence-electron chi connectivity index (χ2n) is 5.74.